The van der Waals surface area contributed by atoms with E-state index in [2.05, 4.69) is 52.2 Å². The Kier molecular flexibility index (Phi) is 16.9. The highest BCUT2D eigenvalue weighted by atomic mass is 16.5. The number of ether oxygens (including phenoxy) is 1. The first-order chi connectivity index (χ1) is 15.6. The predicted molar refractivity (Wildman–Crippen MR) is 135 cm³/mol. The van der Waals surface area contributed by atoms with Gasteiger partial charge >= 0.3 is 0 Å². The summed E-state index contributed by atoms with van der Waals surface area (Å²) in [5.74, 6) is 0.741. The first-order valence-electron chi connectivity index (χ1n) is 12.9. The van der Waals surface area contributed by atoms with Gasteiger partial charge in [-0.3, -0.25) is 14.4 Å². The third kappa shape index (κ3) is 11.9. The van der Waals surface area contributed by atoms with Crippen molar-refractivity contribution in [1.29, 1.82) is 0 Å². The summed E-state index contributed by atoms with van der Waals surface area (Å²) >= 11 is 0. The van der Waals surface area contributed by atoms with Crippen LogP contribution >= 0.6 is 0 Å². The van der Waals surface area contributed by atoms with Gasteiger partial charge in [-0.05, 0) is 43.4 Å². The maximum atomic E-state index is 13.1. The highest BCUT2D eigenvalue weighted by Gasteiger charge is 2.33. The smallest absolute Gasteiger partial charge is 0.242 e. The van der Waals surface area contributed by atoms with Gasteiger partial charge in [-0.2, -0.15) is 0 Å². The van der Waals surface area contributed by atoms with Gasteiger partial charge in [0.05, 0.1) is 18.7 Å². The molecule has 2 N–H and O–H groups in total. The molecule has 3 amide bonds. The van der Waals surface area contributed by atoms with E-state index in [1.54, 1.807) is 12.0 Å². The lowest BCUT2D eigenvalue weighted by Crippen LogP contribution is -2.52. The molecule has 0 aromatic carbocycles. The standard InChI is InChI=1S/C26H51N3O4/c1-9-11-14-22(19(3)4)26(32)28-17-24(31)29(7)25(21(6)10-2)23(33-8)16-20(5)13-12-15-27-18-30/h18-23,25H,9-17H2,1-8H3,(H,27,30)(H,28,32). The average Bonchev–Trinajstić information content (AvgIpc) is 2.79. The molecule has 0 aromatic heterocycles. The SMILES string of the molecule is CCCCC(C(=O)NCC(=O)N(C)C(C(C)CC)C(CC(C)CCCNC=O)OC)C(C)C. The summed E-state index contributed by atoms with van der Waals surface area (Å²) in [5, 5.41) is 5.60. The van der Waals surface area contributed by atoms with E-state index in [9.17, 15) is 14.4 Å². The van der Waals surface area contributed by atoms with Crippen molar-refractivity contribution in [2.24, 2.45) is 23.7 Å². The van der Waals surface area contributed by atoms with Crippen LogP contribution in [0.25, 0.3) is 0 Å². The van der Waals surface area contributed by atoms with Crippen molar-refractivity contribution < 1.29 is 19.1 Å². The largest absolute Gasteiger partial charge is 0.379 e. The number of nitrogens with one attached hydrogen (secondary N) is 2. The highest BCUT2D eigenvalue weighted by molar-refractivity contribution is 5.86. The van der Waals surface area contributed by atoms with Gasteiger partial charge < -0.3 is 20.3 Å². The number of likely N-dealkylation sites (N-methyl/N-ethyl adjacent to an activating group) is 1. The number of methoxy groups -OCH3 is 1. The van der Waals surface area contributed by atoms with Crippen LogP contribution in [0.3, 0.4) is 0 Å². The van der Waals surface area contributed by atoms with E-state index >= 15 is 0 Å². The van der Waals surface area contributed by atoms with Crippen LogP contribution in [0.4, 0.5) is 0 Å². The van der Waals surface area contributed by atoms with E-state index in [0.717, 1.165) is 51.4 Å². The lowest BCUT2D eigenvalue weighted by molar-refractivity contribution is -0.138. The molecule has 0 aliphatic carbocycles. The van der Waals surface area contributed by atoms with Crippen LogP contribution < -0.4 is 10.6 Å². The predicted octanol–water partition coefficient (Wildman–Crippen LogP) is 4.01. The number of rotatable bonds is 19. The minimum absolute atomic E-state index is 0.0148. The molecule has 0 radical (unpaired) electrons. The molecule has 0 rings (SSSR count). The molecule has 0 bridgehead atoms. The maximum absolute atomic E-state index is 13.1. The van der Waals surface area contributed by atoms with Gasteiger partial charge in [-0.25, -0.2) is 0 Å². The van der Waals surface area contributed by atoms with Crippen molar-refractivity contribution in [1.82, 2.24) is 15.5 Å². The fourth-order valence-electron chi connectivity index (χ4n) is 4.52. The number of nitrogens with zero attached hydrogens (tertiary/aromatic N) is 1. The zero-order chi connectivity index (χ0) is 25.4. The molecule has 0 aliphatic rings. The van der Waals surface area contributed by atoms with Crippen molar-refractivity contribution in [2.45, 2.75) is 98.6 Å². The lowest BCUT2D eigenvalue weighted by atomic mass is 9.87. The van der Waals surface area contributed by atoms with Crippen LogP contribution in [0.5, 0.6) is 0 Å². The second-order valence-electron chi connectivity index (χ2n) is 9.92. The second kappa shape index (κ2) is 17.8. The van der Waals surface area contributed by atoms with E-state index in [-0.39, 0.29) is 48.3 Å². The molecule has 0 saturated carbocycles. The minimum atomic E-state index is -0.0911. The molecule has 0 aromatic rings. The zero-order valence-electron chi connectivity index (χ0n) is 22.5. The molecule has 33 heavy (non-hydrogen) atoms. The summed E-state index contributed by atoms with van der Waals surface area (Å²) < 4.78 is 5.89. The fraction of sp³-hybridized carbons (Fsp3) is 0.885. The summed E-state index contributed by atoms with van der Waals surface area (Å²) in [7, 11) is 3.54. The van der Waals surface area contributed by atoms with Crippen LogP contribution in [0.1, 0.15) is 86.5 Å². The average molecular weight is 470 g/mol. The molecule has 7 heteroatoms. The van der Waals surface area contributed by atoms with E-state index in [4.69, 9.17) is 4.74 Å². The van der Waals surface area contributed by atoms with Crippen molar-refractivity contribution in [2.75, 3.05) is 27.2 Å². The Morgan fingerprint density at radius 2 is 1.73 bits per heavy atom. The van der Waals surface area contributed by atoms with Crippen LogP contribution in [0, 0.1) is 23.7 Å². The Labute approximate surface area is 202 Å². The van der Waals surface area contributed by atoms with Crippen LogP contribution in [0.2, 0.25) is 0 Å². The highest BCUT2D eigenvalue weighted by Crippen LogP contribution is 2.25. The fourth-order valence-corrected chi connectivity index (χ4v) is 4.52. The minimum Gasteiger partial charge on any atom is -0.379 e. The van der Waals surface area contributed by atoms with Gasteiger partial charge in [-0.1, -0.05) is 60.8 Å². The quantitative estimate of drug-likeness (QED) is 0.221. The van der Waals surface area contributed by atoms with Crippen molar-refractivity contribution in [3.63, 3.8) is 0 Å². The van der Waals surface area contributed by atoms with E-state index in [1.807, 2.05) is 7.05 Å². The number of hydrogen-bond acceptors (Lipinski definition) is 4. The molecule has 0 heterocycles. The maximum Gasteiger partial charge on any atom is 0.242 e. The van der Waals surface area contributed by atoms with Gasteiger partial charge in [0.1, 0.15) is 0 Å². The third-order valence-electron chi connectivity index (χ3n) is 6.91. The summed E-state index contributed by atoms with van der Waals surface area (Å²) in [6, 6.07) is -0.0686. The van der Waals surface area contributed by atoms with Gasteiger partial charge in [0, 0.05) is 26.6 Å². The van der Waals surface area contributed by atoms with Crippen LogP contribution in [0.15, 0.2) is 0 Å². The first-order valence-corrected chi connectivity index (χ1v) is 12.9. The Morgan fingerprint density at radius 3 is 2.24 bits per heavy atom. The van der Waals surface area contributed by atoms with Crippen LogP contribution in [-0.4, -0.2) is 62.5 Å². The van der Waals surface area contributed by atoms with Gasteiger partial charge in [-0.15, -0.1) is 0 Å². The summed E-state index contributed by atoms with van der Waals surface area (Å²) in [6.07, 6.45) is 7.22. The summed E-state index contributed by atoms with van der Waals surface area (Å²) in [4.78, 5) is 38.0. The molecule has 0 saturated heterocycles. The van der Waals surface area contributed by atoms with E-state index in [0.29, 0.717) is 12.5 Å². The van der Waals surface area contributed by atoms with Crippen molar-refractivity contribution >= 4 is 18.2 Å². The first kappa shape index (κ1) is 31.4. The number of amides is 3. The van der Waals surface area contributed by atoms with Gasteiger partial charge in [0.15, 0.2) is 0 Å². The van der Waals surface area contributed by atoms with Gasteiger partial charge in [0.25, 0.3) is 0 Å². The normalized spacial score (nSPS) is 15.9. The molecular formula is C26H51N3O4. The Balaban J connectivity index is 5.13. The molecule has 0 spiro atoms. The summed E-state index contributed by atoms with van der Waals surface area (Å²) in [5.41, 5.74) is 0. The molecule has 0 fully saturated rings. The second-order valence-corrected chi connectivity index (χ2v) is 9.92. The van der Waals surface area contributed by atoms with Crippen molar-refractivity contribution in [3.8, 4) is 0 Å². The number of unbranched alkanes of at least 4 members (excludes halogenated alkanes) is 1. The van der Waals surface area contributed by atoms with E-state index in [1.165, 1.54) is 0 Å². The Bertz CT molecular complexity index is 556. The van der Waals surface area contributed by atoms with Gasteiger partial charge in [0.2, 0.25) is 18.2 Å². The molecule has 0 aliphatic heterocycles. The summed E-state index contributed by atoms with van der Waals surface area (Å²) in [6.45, 7) is 13.4. The Hall–Kier alpha value is -1.63. The van der Waals surface area contributed by atoms with E-state index < -0.39 is 0 Å². The molecule has 194 valence electrons. The number of carbonyl (C=O) groups is 3. The third-order valence-corrected chi connectivity index (χ3v) is 6.91. The topological polar surface area (TPSA) is 87.7 Å². The molecule has 5 atom stereocenters. The molecule has 7 nitrogen and oxygen atoms in total. The van der Waals surface area contributed by atoms with Crippen molar-refractivity contribution in [3.05, 3.63) is 0 Å². The number of hydrogen-bond donors (Lipinski definition) is 2. The number of carbonyl (C=O) groups excluding carboxylic acids is 3. The monoisotopic (exact) mass is 469 g/mol. The lowest BCUT2D eigenvalue weighted by Gasteiger charge is -2.39. The van der Waals surface area contributed by atoms with Crippen LogP contribution in [-0.2, 0) is 19.1 Å². The Morgan fingerprint density at radius 1 is 1.06 bits per heavy atom. The molecule has 5 unspecified atom stereocenters. The zero-order valence-corrected chi connectivity index (χ0v) is 22.5. The molecular weight excluding hydrogens is 418 g/mol.